The predicted octanol–water partition coefficient (Wildman–Crippen LogP) is 0.965. The van der Waals surface area contributed by atoms with Crippen molar-refractivity contribution in [2.45, 2.75) is 6.42 Å². The Morgan fingerprint density at radius 3 is 3.08 bits per heavy atom. The SMILES string of the molecule is O=C(O)CNCCc1cccs1. The summed E-state index contributed by atoms with van der Waals surface area (Å²) < 4.78 is 0. The first kappa shape index (κ1) is 9.22. The Labute approximate surface area is 75.0 Å². The molecule has 0 aromatic carbocycles. The molecule has 4 heteroatoms. The van der Waals surface area contributed by atoms with Crippen LogP contribution in [0.5, 0.6) is 0 Å². The van der Waals surface area contributed by atoms with Crippen molar-refractivity contribution in [1.29, 1.82) is 0 Å². The van der Waals surface area contributed by atoms with Gasteiger partial charge in [-0.25, -0.2) is 0 Å². The second-order valence-corrected chi connectivity index (χ2v) is 3.43. The molecule has 0 atom stereocenters. The first-order valence-corrected chi connectivity index (χ1v) is 4.62. The molecule has 3 nitrogen and oxygen atoms in total. The van der Waals surface area contributed by atoms with E-state index < -0.39 is 5.97 Å². The summed E-state index contributed by atoms with van der Waals surface area (Å²) in [5.74, 6) is -0.804. The zero-order valence-electron chi connectivity index (χ0n) is 6.62. The second-order valence-electron chi connectivity index (χ2n) is 2.40. The van der Waals surface area contributed by atoms with E-state index in [4.69, 9.17) is 5.11 Å². The second kappa shape index (κ2) is 4.90. The van der Waals surface area contributed by atoms with Gasteiger partial charge >= 0.3 is 5.97 Å². The summed E-state index contributed by atoms with van der Waals surface area (Å²) in [6.45, 7) is 0.776. The van der Waals surface area contributed by atoms with E-state index in [1.165, 1.54) is 4.88 Å². The Hall–Kier alpha value is -0.870. The first-order valence-electron chi connectivity index (χ1n) is 3.74. The highest BCUT2D eigenvalue weighted by Crippen LogP contribution is 2.07. The van der Waals surface area contributed by atoms with E-state index in [0.717, 1.165) is 13.0 Å². The molecule has 0 aliphatic rings. The summed E-state index contributed by atoms with van der Waals surface area (Å²) in [6, 6.07) is 4.05. The molecule has 0 fully saturated rings. The molecule has 0 spiro atoms. The minimum Gasteiger partial charge on any atom is -0.480 e. The van der Waals surface area contributed by atoms with Crippen LogP contribution in [0, 0.1) is 0 Å². The summed E-state index contributed by atoms with van der Waals surface area (Å²) in [5, 5.41) is 13.2. The summed E-state index contributed by atoms with van der Waals surface area (Å²) in [4.78, 5) is 11.4. The Morgan fingerprint density at radius 2 is 2.50 bits per heavy atom. The van der Waals surface area contributed by atoms with Crippen LogP contribution in [0.15, 0.2) is 17.5 Å². The largest absolute Gasteiger partial charge is 0.480 e. The topological polar surface area (TPSA) is 49.3 Å². The molecule has 1 aromatic heterocycles. The Bertz CT molecular complexity index is 233. The number of carboxylic acids is 1. The van der Waals surface area contributed by atoms with Crippen LogP contribution >= 0.6 is 11.3 Å². The maximum Gasteiger partial charge on any atom is 0.317 e. The van der Waals surface area contributed by atoms with Crippen molar-refractivity contribution in [3.05, 3.63) is 22.4 Å². The Morgan fingerprint density at radius 1 is 1.67 bits per heavy atom. The molecular weight excluding hydrogens is 174 g/mol. The third-order valence-corrected chi connectivity index (χ3v) is 2.34. The molecule has 0 bridgehead atoms. The van der Waals surface area contributed by atoms with E-state index in [1.54, 1.807) is 11.3 Å². The molecule has 1 heterocycles. The van der Waals surface area contributed by atoms with Gasteiger partial charge in [0.1, 0.15) is 0 Å². The molecule has 12 heavy (non-hydrogen) atoms. The van der Waals surface area contributed by atoms with Gasteiger partial charge in [0.15, 0.2) is 0 Å². The van der Waals surface area contributed by atoms with Crippen molar-refractivity contribution >= 4 is 17.3 Å². The van der Waals surface area contributed by atoms with E-state index in [1.807, 2.05) is 17.5 Å². The molecule has 0 saturated carbocycles. The van der Waals surface area contributed by atoms with Gasteiger partial charge < -0.3 is 10.4 Å². The lowest BCUT2D eigenvalue weighted by Crippen LogP contribution is -2.24. The number of aliphatic carboxylic acids is 1. The first-order chi connectivity index (χ1) is 5.79. The van der Waals surface area contributed by atoms with Gasteiger partial charge in [-0.1, -0.05) is 6.07 Å². The van der Waals surface area contributed by atoms with Crippen LogP contribution in [0.4, 0.5) is 0 Å². The van der Waals surface area contributed by atoms with Gasteiger partial charge in [0.2, 0.25) is 0 Å². The number of thiophene rings is 1. The highest BCUT2D eigenvalue weighted by atomic mass is 32.1. The standard InChI is InChI=1S/C8H11NO2S/c10-8(11)6-9-4-3-7-2-1-5-12-7/h1-2,5,9H,3-4,6H2,(H,10,11). The molecule has 66 valence electrons. The number of nitrogens with one attached hydrogen (secondary N) is 1. The number of rotatable bonds is 5. The van der Waals surface area contributed by atoms with E-state index in [-0.39, 0.29) is 6.54 Å². The predicted molar refractivity (Wildman–Crippen MR) is 48.5 cm³/mol. The van der Waals surface area contributed by atoms with E-state index in [9.17, 15) is 4.79 Å². The van der Waals surface area contributed by atoms with Gasteiger partial charge in [-0.05, 0) is 17.9 Å². The molecule has 2 N–H and O–H groups in total. The quantitative estimate of drug-likeness (QED) is 0.672. The van der Waals surface area contributed by atoms with Crippen LogP contribution in [0.3, 0.4) is 0 Å². The third kappa shape index (κ3) is 3.50. The Kier molecular flexibility index (Phi) is 3.76. The molecule has 0 aliphatic heterocycles. The fourth-order valence-electron chi connectivity index (χ4n) is 0.862. The monoisotopic (exact) mass is 185 g/mol. The van der Waals surface area contributed by atoms with Crippen molar-refractivity contribution in [2.24, 2.45) is 0 Å². The normalized spacial score (nSPS) is 10.0. The minimum absolute atomic E-state index is 0.0470. The average molecular weight is 185 g/mol. The van der Waals surface area contributed by atoms with Crippen molar-refractivity contribution < 1.29 is 9.90 Å². The van der Waals surface area contributed by atoms with E-state index in [2.05, 4.69) is 5.32 Å². The van der Waals surface area contributed by atoms with Crippen LogP contribution < -0.4 is 5.32 Å². The summed E-state index contributed by atoms with van der Waals surface area (Å²) in [7, 11) is 0. The van der Waals surface area contributed by atoms with Crippen LogP contribution in [-0.4, -0.2) is 24.2 Å². The maximum atomic E-state index is 10.1. The molecule has 0 unspecified atom stereocenters. The number of hydrogen-bond acceptors (Lipinski definition) is 3. The molecule has 0 amide bonds. The van der Waals surface area contributed by atoms with Crippen molar-refractivity contribution in [3.8, 4) is 0 Å². The van der Waals surface area contributed by atoms with Crippen LogP contribution in [0.2, 0.25) is 0 Å². The molecular formula is C8H11NO2S. The highest BCUT2D eigenvalue weighted by Gasteiger charge is 1.95. The molecule has 1 rings (SSSR count). The van der Waals surface area contributed by atoms with Crippen LogP contribution in [0.25, 0.3) is 0 Å². The van der Waals surface area contributed by atoms with E-state index in [0.29, 0.717) is 0 Å². The lowest BCUT2D eigenvalue weighted by molar-refractivity contribution is -0.135. The molecule has 0 aliphatic carbocycles. The van der Waals surface area contributed by atoms with Gasteiger partial charge in [-0.15, -0.1) is 11.3 Å². The molecule has 0 radical (unpaired) electrons. The summed E-state index contributed by atoms with van der Waals surface area (Å²) in [5.41, 5.74) is 0. The van der Waals surface area contributed by atoms with Crippen molar-refractivity contribution in [2.75, 3.05) is 13.1 Å². The fraction of sp³-hybridized carbons (Fsp3) is 0.375. The average Bonchev–Trinajstić information content (AvgIpc) is 2.49. The van der Waals surface area contributed by atoms with Crippen LogP contribution in [-0.2, 0) is 11.2 Å². The highest BCUT2D eigenvalue weighted by molar-refractivity contribution is 7.09. The minimum atomic E-state index is -0.804. The molecule has 1 aromatic rings. The smallest absolute Gasteiger partial charge is 0.317 e. The molecule has 0 saturated heterocycles. The fourth-order valence-corrected chi connectivity index (χ4v) is 1.57. The van der Waals surface area contributed by atoms with Gasteiger partial charge in [-0.2, -0.15) is 0 Å². The Balaban J connectivity index is 2.07. The van der Waals surface area contributed by atoms with Crippen molar-refractivity contribution in [1.82, 2.24) is 5.32 Å². The van der Waals surface area contributed by atoms with Crippen LogP contribution in [0.1, 0.15) is 4.88 Å². The van der Waals surface area contributed by atoms with Gasteiger partial charge in [0, 0.05) is 11.4 Å². The van der Waals surface area contributed by atoms with Gasteiger partial charge in [-0.3, -0.25) is 4.79 Å². The summed E-state index contributed by atoms with van der Waals surface area (Å²) >= 11 is 1.69. The van der Waals surface area contributed by atoms with E-state index >= 15 is 0 Å². The lowest BCUT2D eigenvalue weighted by atomic mass is 10.3. The van der Waals surface area contributed by atoms with Gasteiger partial charge in [0.05, 0.1) is 6.54 Å². The third-order valence-electron chi connectivity index (χ3n) is 1.40. The number of hydrogen-bond donors (Lipinski definition) is 2. The number of carboxylic acid groups (broad SMARTS) is 1. The number of carbonyl (C=O) groups is 1. The maximum absolute atomic E-state index is 10.1. The zero-order chi connectivity index (χ0) is 8.81. The summed E-state index contributed by atoms with van der Waals surface area (Å²) in [6.07, 6.45) is 0.908. The van der Waals surface area contributed by atoms with Gasteiger partial charge in [0.25, 0.3) is 0 Å². The zero-order valence-corrected chi connectivity index (χ0v) is 7.43. The van der Waals surface area contributed by atoms with Crippen molar-refractivity contribution in [3.63, 3.8) is 0 Å². The lowest BCUT2D eigenvalue weighted by Gasteiger charge is -1.98.